The van der Waals surface area contributed by atoms with Crippen LogP contribution < -0.4 is 4.74 Å². The molecule has 0 spiro atoms. The summed E-state index contributed by atoms with van der Waals surface area (Å²) in [6.07, 6.45) is 0. The van der Waals surface area contributed by atoms with Crippen molar-refractivity contribution in [3.05, 3.63) is 69.3 Å². The fourth-order valence-electron chi connectivity index (χ4n) is 1.88. The summed E-state index contributed by atoms with van der Waals surface area (Å²) in [5.74, 6) is 0.341. The smallest absolute Gasteiger partial charge is 0.269 e. The van der Waals surface area contributed by atoms with E-state index in [9.17, 15) is 14.9 Å². The lowest BCUT2D eigenvalue weighted by Crippen LogP contribution is -2.12. The van der Waals surface area contributed by atoms with Gasteiger partial charge in [0.05, 0.1) is 4.92 Å². The quantitative estimate of drug-likeness (QED) is 0.479. The predicted octanol–water partition coefficient (Wildman–Crippen LogP) is 3.47. The molecule has 2 aromatic carbocycles. The van der Waals surface area contributed by atoms with Crippen LogP contribution in [0, 0.1) is 24.0 Å². The van der Waals surface area contributed by atoms with Gasteiger partial charge in [0, 0.05) is 17.7 Å². The molecule has 0 atom stereocenters. The Kier molecular flexibility index (Phi) is 4.33. The monoisotopic (exact) mass is 285 g/mol. The van der Waals surface area contributed by atoms with Crippen LogP contribution in [0.25, 0.3) is 0 Å². The average Bonchev–Trinajstić information content (AvgIpc) is 2.46. The van der Waals surface area contributed by atoms with Crippen LogP contribution in [0.2, 0.25) is 0 Å². The number of hydrogen-bond acceptors (Lipinski definition) is 4. The normalized spacial score (nSPS) is 10.2. The Morgan fingerprint density at radius 3 is 2.38 bits per heavy atom. The number of carbonyl (C=O) groups is 1. The number of Topliss-reactive ketones (excluding diaryl/α,β-unsaturated/α-hetero) is 1. The van der Waals surface area contributed by atoms with Gasteiger partial charge >= 0.3 is 0 Å². The number of nitro groups is 1. The van der Waals surface area contributed by atoms with Gasteiger partial charge in [-0.25, -0.2) is 0 Å². The van der Waals surface area contributed by atoms with E-state index in [1.807, 2.05) is 19.1 Å². The first kappa shape index (κ1) is 14.7. The zero-order valence-corrected chi connectivity index (χ0v) is 11.8. The van der Waals surface area contributed by atoms with Gasteiger partial charge in [0.25, 0.3) is 5.69 Å². The molecular formula is C16H15NO4. The number of aryl methyl sites for hydroxylation is 2. The molecule has 2 aromatic rings. The summed E-state index contributed by atoms with van der Waals surface area (Å²) in [5, 5.41) is 10.7. The molecule has 5 heteroatoms. The molecule has 21 heavy (non-hydrogen) atoms. The summed E-state index contributed by atoms with van der Waals surface area (Å²) >= 11 is 0. The number of carbonyl (C=O) groups excluding carboxylic acids is 1. The minimum absolute atomic E-state index is 0.00436. The first-order valence-electron chi connectivity index (χ1n) is 6.45. The van der Waals surface area contributed by atoms with E-state index < -0.39 is 4.92 Å². The molecule has 0 amide bonds. The van der Waals surface area contributed by atoms with Crippen LogP contribution in [0.3, 0.4) is 0 Å². The number of ether oxygens (including phenoxy) is 1. The van der Waals surface area contributed by atoms with Crippen molar-refractivity contribution in [3.8, 4) is 5.75 Å². The summed E-state index contributed by atoms with van der Waals surface area (Å²) in [6, 6.07) is 11.5. The predicted molar refractivity (Wildman–Crippen MR) is 78.8 cm³/mol. The Morgan fingerprint density at radius 2 is 1.81 bits per heavy atom. The molecule has 0 bridgehead atoms. The average molecular weight is 285 g/mol. The molecule has 0 saturated heterocycles. The molecule has 0 fully saturated rings. The minimum atomic E-state index is -0.464. The van der Waals surface area contributed by atoms with Gasteiger partial charge < -0.3 is 4.74 Å². The SMILES string of the molecule is Cc1ccc(C(=O)COc2ccc([N+](=O)[O-])cc2C)cc1. The van der Waals surface area contributed by atoms with Crippen molar-refractivity contribution < 1.29 is 14.5 Å². The van der Waals surface area contributed by atoms with E-state index in [4.69, 9.17) is 4.74 Å². The molecule has 2 rings (SSSR count). The minimum Gasteiger partial charge on any atom is -0.485 e. The van der Waals surface area contributed by atoms with E-state index in [0.717, 1.165) is 5.56 Å². The fraction of sp³-hybridized carbons (Fsp3) is 0.188. The van der Waals surface area contributed by atoms with Crippen molar-refractivity contribution in [1.82, 2.24) is 0 Å². The molecule has 0 aliphatic heterocycles. The van der Waals surface area contributed by atoms with Crippen LogP contribution in [0.4, 0.5) is 5.69 Å². The molecule has 5 nitrogen and oxygen atoms in total. The zero-order valence-electron chi connectivity index (χ0n) is 11.8. The maximum absolute atomic E-state index is 12.0. The molecule has 0 saturated carbocycles. The van der Waals surface area contributed by atoms with E-state index in [2.05, 4.69) is 0 Å². The third-order valence-corrected chi connectivity index (χ3v) is 3.10. The second-order valence-electron chi connectivity index (χ2n) is 4.78. The highest BCUT2D eigenvalue weighted by atomic mass is 16.6. The van der Waals surface area contributed by atoms with Gasteiger partial charge in [-0.05, 0) is 25.5 Å². The van der Waals surface area contributed by atoms with Crippen molar-refractivity contribution in [1.29, 1.82) is 0 Å². The lowest BCUT2D eigenvalue weighted by molar-refractivity contribution is -0.384. The standard InChI is InChI=1S/C16H15NO4/c1-11-3-5-13(6-4-11)15(18)10-21-16-8-7-14(17(19)20)9-12(16)2/h3-9H,10H2,1-2H3. The number of hydrogen-bond donors (Lipinski definition) is 0. The summed E-state index contributed by atoms with van der Waals surface area (Å²) < 4.78 is 5.45. The van der Waals surface area contributed by atoms with Crippen LogP contribution in [0.5, 0.6) is 5.75 Å². The number of rotatable bonds is 5. The number of benzene rings is 2. The highest BCUT2D eigenvalue weighted by molar-refractivity contribution is 5.97. The van der Waals surface area contributed by atoms with Crippen LogP contribution in [-0.4, -0.2) is 17.3 Å². The molecular weight excluding hydrogens is 270 g/mol. The summed E-state index contributed by atoms with van der Waals surface area (Å²) in [4.78, 5) is 22.2. The molecule has 0 aliphatic rings. The van der Waals surface area contributed by atoms with Crippen LogP contribution in [0.1, 0.15) is 21.5 Å². The largest absolute Gasteiger partial charge is 0.485 e. The molecule has 108 valence electrons. The van der Waals surface area contributed by atoms with Crippen molar-refractivity contribution in [2.24, 2.45) is 0 Å². The third-order valence-electron chi connectivity index (χ3n) is 3.10. The van der Waals surface area contributed by atoms with E-state index in [0.29, 0.717) is 16.9 Å². The second-order valence-corrected chi connectivity index (χ2v) is 4.78. The van der Waals surface area contributed by atoms with Gasteiger partial charge in [0.15, 0.2) is 12.4 Å². The summed E-state index contributed by atoms with van der Waals surface area (Å²) in [7, 11) is 0. The molecule has 0 aromatic heterocycles. The van der Waals surface area contributed by atoms with E-state index in [1.165, 1.54) is 18.2 Å². The molecule has 0 unspecified atom stereocenters. The number of ketones is 1. The highest BCUT2D eigenvalue weighted by Crippen LogP contribution is 2.23. The van der Waals surface area contributed by atoms with Gasteiger partial charge in [-0.15, -0.1) is 0 Å². The van der Waals surface area contributed by atoms with Crippen LogP contribution >= 0.6 is 0 Å². The fourth-order valence-corrected chi connectivity index (χ4v) is 1.88. The van der Waals surface area contributed by atoms with Crippen LogP contribution in [0.15, 0.2) is 42.5 Å². The van der Waals surface area contributed by atoms with Gasteiger partial charge in [0.1, 0.15) is 5.75 Å². The Labute approximate surface area is 122 Å². The molecule has 0 N–H and O–H groups in total. The number of nitrogens with zero attached hydrogens (tertiary/aromatic N) is 1. The van der Waals surface area contributed by atoms with E-state index in [1.54, 1.807) is 19.1 Å². The zero-order chi connectivity index (χ0) is 15.4. The summed E-state index contributed by atoms with van der Waals surface area (Å²) in [5.41, 5.74) is 2.30. The first-order chi connectivity index (χ1) is 9.97. The third kappa shape index (κ3) is 3.66. The van der Waals surface area contributed by atoms with Gasteiger partial charge in [-0.3, -0.25) is 14.9 Å². The number of nitro benzene ring substituents is 1. The Balaban J connectivity index is 2.04. The lowest BCUT2D eigenvalue weighted by atomic mass is 10.1. The van der Waals surface area contributed by atoms with E-state index in [-0.39, 0.29) is 18.1 Å². The summed E-state index contributed by atoms with van der Waals surface area (Å²) in [6.45, 7) is 3.56. The van der Waals surface area contributed by atoms with Crippen LogP contribution in [-0.2, 0) is 0 Å². The Bertz CT molecular complexity index is 677. The molecule has 0 aliphatic carbocycles. The highest BCUT2D eigenvalue weighted by Gasteiger charge is 2.11. The van der Waals surface area contributed by atoms with Gasteiger partial charge in [-0.1, -0.05) is 29.8 Å². The Morgan fingerprint density at radius 1 is 1.14 bits per heavy atom. The van der Waals surface area contributed by atoms with Crippen molar-refractivity contribution in [3.63, 3.8) is 0 Å². The number of non-ortho nitro benzene ring substituents is 1. The maximum atomic E-state index is 12.0. The molecule has 0 radical (unpaired) electrons. The maximum Gasteiger partial charge on any atom is 0.269 e. The van der Waals surface area contributed by atoms with Gasteiger partial charge in [0.2, 0.25) is 0 Å². The second kappa shape index (κ2) is 6.17. The topological polar surface area (TPSA) is 69.4 Å². The van der Waals surface area contributed by atoms with Crippen molar-refractivity contribution in [2.45, 2.75) is 13.8 Å². The van der Waals surface area contributed by atoms with Crippen molar-refractivity contribution >= 4 is 11.5 Å². The van der Waals surface area contributed by atoms with E-state index >= 15 is 0 Å². The lowest BCUT2D eigenvalue weighted by Gasteiger charge is -2.08. The van der Waals surface area contributed by atoms with Gasteiger partial charge in [-0.2, -0.15) is 0 Å². The molecule has 0 heterocycles. The Hall–Kier alpha value is -2.69. The first-order valence-corrected chi connectivity index (χ1v) is 6.45. The van der Waals surface area contributed by atoms with Crippen molar-refractivity contribution in [2.75, 3.05) is 6.61 Å².